The van der Waals surface area contributed by atoms with Gasteiger partial charge in [-0.1, -0.05) is 13.3 Å². The van der Waals surface area contributed by atoms with Crippen LogP contribution < -0.4 is 5.32 Å². The van der Waals surface area contributed by atoms with Crippen molar-refractivity contribution >= 4 is 0 Å². The molecule has 1 saturated carbocycles. The zero-order valence-corrected chi connectivity index (χ0v) is 12.8. The second-order valence-corrected chi connectivity index (χ2v) is 6.71. The maximum Gasteiger partial charge on any atom is 0.105 e. The first kappa shape index (κ1) is 14.8. The molecule has 0 radical (unpaired) electrons. The molecule has 3 nitrogen and oxygen atoms in total. The molecule has 1 aliphatic heterocycles. The Bertz CT molecular complexity index is 331. The monoisotopic (exact) mass is 263 g/mol. The van der Waals surface area contributed by atoms with E-state index in [4.69, 9.17) is 0 Å². The van der Waals surface area contributed by atoms with E-state index in [0.717, 1.165) is 12.5 Å². The Labute approximate surface area is 118 Å². The van der Waals surface area contributed by atoms with Gasteiger partial charge in [0.25, 0.3) is 0 Å². The zero-order chi connectivity index (χ0) is 13.9. The maximum absolute atomic E-state index is 9.50. The van der Waals surface area contributed by atoms with E-state index < -0.39 is 0 Å². The lowest BCUT2D eigenvalue weighted by Gasteiger charge is -2.41. The summed E-state index contributed by atoms with van der Waals surface area (Å²) in [6, 6.07) is 4.34. The van der Waals surface area contributed by atoms with Gasteiger partial charge in [0.15, 0.2) is 0 Å². The zero-order valence-electron chi connectivity index (χ0n) is 12.8. The van der Waals surface area contributed by atoms with E-state index >= 15 is 0 Å². The summed E-state index contributed by atoms with van der Waals surface area (Å²) in [6.07, 6.45) is 8.69. The van der Waals surface area contributed by atoms with Crippen LogP contribution in [0.5, 0.6) is 0 Å². The highest BCUT2D eigenvalue weighted by molar-refractivity contribution is 5.08. The first-order valence-corrected chi connectivity index (χ1v) is 8.02. The summed E-state index contributed by atoms with van der Waals surface area (Å²) in [6.45, 7) is 7.89. The van der Waals surface area contributed by atoms with Crippen molar-refractivity contribution < 1.29 is 0 Å². The predicted molar refractivity (Wildman–Crippen MR) is 78.9 cm³/mol. The number of nitrogens with zero attached hydrogens (tertiary/aromatic N) is 2. The molecule has 2 rings (SSSR count). The number of nitrogens with one attached hydrogen (secondary N) is 1. The third kappa shape index (κ3) is 3.94. The molecule has 1 heterocycles. The number of piperidine rings is 1. The lowest BCUT2D eigenvalue weighted by Crippen LogP contribution is -2.51. The van der Waals surface area contributed by atoms with Crippen molar-refractivity contribution in [1.29, 1.82) is 5.26 Å². The van der Waals surface area contributed by atoms with Gasteiger partial charge >= 0.3 is 0 Å². The van der Waals surface area contributed by atoms with Crippen LogP contribution in [0.3, 0.4) is 0 Å². The predicted octanol–water partition coefficient (Wildman–Crippen LogP) is 3.06. The molecule has 1 aliphatic carbocycles. The highest BCUT2D eigenvalue weighted by Gasteiger charge is 2.36. The van der Waals surface area contributed by atoms with Crippen molar-refractivity contribution in [3.63, 3.8) is 0 Å². The Morgan fingerprint density at radius 2 is 2.11 bits per heavy atom. The fourth-order valence-electron chi connectivity index (χ4n) is 3.56. The number of hydrogen-bond donors (Lipinski definition) is 1. The van der Waals surface area contributed by atoms with E-state index in [-0.39, 0.29) is 5.54 Å². The van der Waals surface area contributed by atoms with Crippen LogP contribution in [-0.2, 0) is 0 Å². The summed E-state index contributed by atoms with van der Waals surface area (Å²) in [5, 5.41) is 13.0. The number of hydrogen-bond acceptors (Lipinski definition) is 3. The quantitative estimate of drug-likeness (QED) is 0.800. The van der Waals surface area contributed by atoms with E-state index in [9.17, 15) is 5.26 Å². The van der Waals surface area contributed by atoms with Crippen LogP contribution in [0.2, 0.25) is 0 Å². The Balaban J connectivity index is 1.93. The van der Waals surface area contributed by atoms with Gasteiger partial charge in [0, 0.05) is 18.1 Å². The summed E-state index contributed by atoms with van der Waals surface area (Å²) in [5.74, 6) is 0. The molecule has 3 atom stereocenters. The molecule has 0 aromatic carbocycles. The Morgan fingerprint density at radius 3 is 2.68 bits per heavy atom. The van der Waals surface area contributed by atoms with Crippen molar-refractivity contribution in [2.75, 3.05) is 6.54 Å². The highest BCUT2D eigenvalue weighted by atomic mass is 15.2. The van der Waals surface area contributed by atoms with Gasteiger partial charge in [0.2, 0.25) is 0 Å². The summed E-state index contributed by atoms with van der Waals surface area (Å²) < 4.78 is 0. The van der Waals surface area contributed by atoms with Gasteiger partial charge < -0.3 is 0 Å². The van der Waals surface area contributed by atoms with E-state index in [1.165, 1.54) is 45.1 Å². The van der Waals surface area contributed by atoms with Crippen LogP contribution in [0.4, 0.5) is 0 Å². The molecule has 19 heavy (non-hydrogen) atoms. The van der Waals surface area contributed by atoms with Gasteiger partial charge in [-0.2, -0.15) is 5.26 Å². The fraction of sp³-hybridized carbons (Fsp3) is 0.938. The van der Waals surface area contributed by atoms with Crippen LogP contribution in [0.25, 0.3) is 0 Å². The molecular weight excluding hydrogens is 234 g/mol. The summed E-state index contributed by atoms with van der Waals surface area (Å²) >= 11 is 0. The largest absolute Gasteiger partial charge is 0.298 e. The second-order valence-electron chi connectivity index (χ2n) is 6.71. The smallest absolute Gasteiger partial charge is 0.105 e. The molecule has 2 fully saturated rings. The minimum Gasteiger partial charge on any atom is -0.298 e. The number of rotatable bonds is 6. The molecule has 3 unspecified atom stereocenters. The minimum atomic E-state index is -0.351. The molecule has 108 valence electrons. The van der Waals surface area contributed by atoms with E-state index in [2.05, 4.69) is 37.1 Å². The molecule has 0 bridgehead atoms. The molecule has 0 aromatic heterocycles. The number of likely N-dealkylation sites (tertiary alicyclic amines) is 1. The molecule has 1 saturated heterocycles. The summed E-state index contributed by atoms with van der Waals surface area (Å²) in [4.78, 5) is 2.65. The lowest BCUT2D eigenvalue weighted by atomic mass is 9.90. The van der Waals surface area contributed by atoms with E-state index in [0.29, 0.717) is 12.1 Å². The van der Waals surface area contributed by atoms with E-state index in [1.54, 1.807) is 0 Å². The summed E-state index contributed by atoms with van der Waals surface area (Å²) in [7, 11) is 0. The Hall–Kier alpha value is -0.590. The minimum absolute atomic E-state index is 0.351. The lowest BCUT2D eigenvalue weighted by molar-refractivity contribution is 0.0847. The fourth-order valence-corrected chi connectivity index (χ4v) is 3.56. The molecule has 0 aromatic rings. The molecule has 0 amide bonds. The Kier molecular flexibility index (Phi) is 4.86. The molecular formula is C16H29N3. The standard InChI is InChI=1S/C16H29N3/c1-4-15-7-5-6-10-19(15)13(2)11-16(3,12-17)18-14-8-9-14/h13-15,18H,4-11H2,1-3H3. The average Bonchev–Trinajstić information content (AvgIpc) is 3.22. The van der Waals surface area contributed by atoms with Crippen LogP contribution >= 0.6 is 0 Å². The molecule has 0 spiro atoms. The van der Waals surface area contributed by atoms with Gasteiger partial charge in [0.05, 0.1) is 6.07 Å². The van der Waals surface area contributed by atoms with Crippen molar-refractivity contribution in [3.8, 4) is 6.07 Å². The first-order valence-electron chi connectivity index (χ1n) is 8.02. The van der Waals surface area contributed by atoms with Crippen LogP contribution in [-0.4, -0.2) is 35.1 Å². The van der Waals surface area contributed by atoms with Crippen molar-refractivity contribution in [1.82, 2.24) is 10.2 Å². The third-order valence-electron chi connectivity index (χ3n) is 4.76. The average molecular weight is 263 g/mol. The van der Waals surface area contributed by atoms with Gasteiger partial charge in [-0.25, -0.2) is 0 Å². The molecule has 1 N–H and O–H groups in total. The molecule has 2 aliphatic rings. The van der Waals surface area contributed by atoms with Crippen LogP contribution in [0, 0.1) is 11.3 Å². The molecule has 3 heteroatoms. The van der Waals surface area contributed by atoms with Gasteiger partial charge in [-0.05, 0) is 58.9 Å². The van der Waals surface area contributed by atoms with Crippen molar-refractivity contribution in [2.45, 2.75) is 89.4 Å². The van der Waals surface area contributed by atoms with Crippen molar-refractivity contribution in [3.05, 3.63) is 0 Å². The van der Waals surface area contributed by atoms with E-state index in [1.807, 2.05) is 0 Å². The second kappa shape index (κ2) is 6.24. The van der Waals surface area contributed by atoms with Crippen LogP contribution in [0.15, 0.2) is 0 Å². The van der Waals surface area contributed by atoms with Crippen molar-refractivity contribution in [2.24, 2.45) is 0 Å². The third-order valence-corrected chi connectivity index (χ3v) is 4.76. The normalized spacial score (nSPS) is 29.5. The van der Waals surface area contributed by atoms with Gasteiger partial charge in [0.1, 0.15) is 5.54 Å². The SMILES string of the molecule is CCC1CCCCN1C(C)CC(C)(C#N)NC1CC1. The van der Waals surface area contributed by atoms with Gasteiger partial charge in [-0.15, -0.1) is 0 Å². The Morgan fingerprint density at radius 1 is 1.37 bits per heavy atom. The summed E-state index contributed by atoms with van der Waals surface area (Å²) in [5.41, 5.74) is -0.351. The van der Waals surface area contributed by atoms with Gasteiger partial charge in [-0.3, -0.25) is 10.2 Å². The first-order chi connectivity index (χ1) is 9.08. The number of nitriles is 1. The highest BCUT2D eigenvalue weighted by Crippen LogP contribution is 2.28. The van der Waals surface area contributed by atoms with Crippen LogP contribution in [0.1, 0.15) is 65.7 Å². The topological polar surface area (TPSA) is 39.1 Å². The maximum atomic E-state index is 9.50.